The monoisotopic (exact) mass is 496 g/mol. The van der Waals surface area contributed by atoms with Crippen LogP contribution in [0.15, 0.2) is 78.9 Å². The first-order chi connectivity index (χ1) is 17.3. The molecule has 36 heavy (non-hydrogen) atoms. The van der Waals surface area contributed by atoms with E-state index in [2.05, 4.69) is 0 Å². The predicted molar refractivity (Wildman–Crippen MR) is 126 cm³/mol. The fourth-order valence-corrected chi connectivity index (χ4v) is 4.62. The highest BCUT2D eigenvalue weighted by atomic mass is 19.4. The lowest BCUT2D eigenvalue weighted by Gasteiger charge is -2.29. The summed E-state index contributed by atoms with van der Waals surface area (Å²) in [7, 11) is 0. The number of amides is 2. The summed E-state index contributed by atoms with van der Waals surface area (Å²) in [4.78, 5) is 34.1. The summed E-state index contributed by atoms with van der Waals surface area (Å²) >= 11 is 0. The van der Waals surface area contributed by atoms with Crippen molar-refractivity contribution in [2.75, 3.05) is 16.6 Å². The van der Waals surface area contributed by atoms with Gasteiger partial charge in [-0.25, -0.2) is 9.96 Å². The summed E-state index contributed by atoms with van der Waals surface area (Å²) in [5.41, 5.74) is 0.264. The number of carbonyl (C=O) groups excluding carboxylic acids is 2. The zero-order valence-electron chi connectivity index (χ0n) is 19.3. The van der Waals surface area contributed by atoms with Crippen molar-refractivity contribution in [3.8, 4) is 5.75 Å². The Bertz CT molecular complexity index is 1260. The van der Waals surface area contributed by atoms with Crippen molar-refractivity contribution in [2.45, 2.75) is 31.7 Å². The van der Waals surface area contributed by atoms with Gasteiger partial charge in [0.25, 0.3) is 5.91 Å². The molecular weight excluding hydrogens is 473 g/mol. The Morgan fingerprint density at radius 3 is 2.28 bits per heavy atom. The number of hydrogen-bond donors (Lipinski definition) is 0. The fraction of sp³-hybridized carbons (Fsp3) is 0.259. The van der Waals surface area contributed by atoms with Crippen molar-refractivity contribution in [3.05, 3.63) is 90.0 Å². The third-order valence-corrected chi connectivity index (χ3v) is 6.25. The minimum Gasteiger partial charge on any atom is -0.494 e. The molecule has 0 radical (unpaired) electrons. The molecule has 0 aromatic heterocycles. The number of para-hydroxylation sites is 1. The molecule has 0 saturated carbocycles. The van der Waals surface area contributed by atoms with Crippen LogP contribution in [0.4, 0.5) is 24.5 Å². The molecule has 2 fully saturated rings. The first-order valence-corrected chi connectivity index (χ1v) is 11.6. The number of anilines is 2. The lowest BCUT2D eigenvalue weighted by atomic mass is 9.89. The van der Waals surface area contributed by atoms with E-state index in [1.807, 2.05) is 6.92 Å². The number of nitrogens with zero attached hydrogens (tertiary/aromatic N) is 2. The summed E-state index contributed by atoms with van der Waals surface area (Å²) in [6.07, 6.45) is -4.90. The Morgan fingerprint density at radius 2 is 1.61 bits per heavy atom. The first-order valence-electron chi connectivity index (χ1n) is 11.6. The van der Waals surface area contributed by atoms with Crippen molar-refractivity contribution < 1.29 is 32.3 Å². The molecule has 2 aliphatic heterocycles. The molecule has 0 bridgehead atoms. The van der Waals surface area contributed by atoms with E-state index >= 15 is 0 Å². The summed E-state index contributed by atoms with van der Waals surface area (Å²) in [6.45, 7) is 2.52. The SMILES string of the molecule is CCCOc1ccc(N2C(=O)[C@H]3[C@@H](ON(c4ccccc4)[C@H]3c3cccc(C(F)(F)F)c3)C2=O)cc1. The van der Waals surface area contributed by atoms with Gasteiger partial charge in [0.05, 0.1) is 29.6 Å². The maximum absolute atomic E-state index is 13.6. The van der Waals surface area contributed by atoms with Crippen LogP contribution < -0.4 is 14.7 Å². The van der Waals surface area contributed by atoms with E-state index in [1.165, 1.54) is 17.2 Å². The second kappa shape index (κ2) is 9.31. The number of alkyl halides is 3. The maximum atomic E-state index is 13.6. The highest BCUT2D eigenvalue weighted by Gasteiger charge is 2.60. The molecule has 2 aliphatic rings. The van der Waals surface area contributed by atoms with Gasteiger partial charge in [0.2, 0.25) is 5.91 Å². The van der Waals surface area contributed by atoms with E-state index in [-0.39, 0.29) is 5.56 Å². The van der Waals surface area contributed by atoms with Crippen molar-refractivity contribution in [2.24, 2.45) is 5.92 Å². The summed E-state index contributed by atoms with van der Waals surface area (Å²) < 4.78 is 46.0. The molecule has 3 aromatic carbocycles. The van der Waals surface area contributed by atoms with E-state index in [0.717, 1.165) is 23.5 Å². The molecule has 2 amide bonds. The molecule has 3 aromatic rings. The fourth-order valence-electron chi connectivity index (χ4n) is 4.62. The Balaban J connectivity index is 1.53. The number of benzene rings is 3. The molecule has 0 N–H and O–H groups in total. The van der Waals surface area contributed by atoms with Gasteiger partial charge in [0.15, 0.2) is 6.10 Å². The van der Waals surface area contributed by atoms with Crippen molar-refractivity contribution in [3.63, 3.8) is 0 Å². The van der Waals surface area contributed by atoms with E-state index < -0.39 is 41.6 Å². The van der Waals surface area contributed by atoms with E-state index in [9.17, 15) is 22.8 Å². The van der Waals surface area contributed by atoms with Gasteiger partial charge in [-0.1, -0.05) is 37.3 Å². The van der Waals surface area contributed by atoms with Gasteiger partial charge in [0, 0.05) is 0 Å². The number of imide groups is 1. The Labute approximate surface area is 205 Å². The second-order valence-corrected chi connectivity index (χ2v) is 8.64. The van der Waals surface area contributed by atoms with Crippen molar-refractivity contribution in [1.82, 2.24) is 0 Å². The van der Waals surface area contributed by atoms with Gasteiger partial charge in [-0.15, -0.1) is 0 Å². The molecule has 186 valence electrons. The first kappa shape index (κ1) is 23.9. The van der Waals surface area contributed by atoms with Crippen molar-refractivity contribution >= 4 is 23.2 Å². The van der Waals surface area contributed by atoms with Gasteiger partial charge in [0.1, 0.15) is 11.7 Å². The standard InChI is InChI=1S/C27H23F3N2O4/c1-2-15-35-21-13-11-19(12-14-21)31-25(33)22-23(17-7-6-8-18(16-17)27(28,29)30)32(36-24(22)26(31)34)20-9-4-3-5-10-20/h3-14,16,22-24H,2,15H2,1H3/t22-,23+,24-/m1/s1. The highest BCUT2D eigenvalue weighted by Crippen LogP contribution is 2.48. The molecule has 3 atom stereocenters. The Hall–Kier alpha value is -3.85. The number of hydrogen-bond acceptors (Lipinski definition) is 5. The van der Waals surface area contributed by atoms with Gasteiger partial charge < -0.3 is 4.74 Å². The third-order valence-electron chi connectivity index (χ3n) is 6.25. The molecule has 9 heteroatoms. The summed E-state index contributed by atoms with van der Waals surface area (Å²) in [5, 5.41) is 1.37. The molecule has 2 saturated heterocycles. The third kappa shape index (κ3) is 4.19. The number of fused-ring (bicyclic) bond motifs is 1. The number of hydroxylamine groups is 1. The van der Waals surface area contributed by atoms with Crippen LogP contribution in [0.2, 0.25) is 0 Å². The van der Waals surface area contributed by atoms with E-state index in [4.69, 9.17) is 9.57 Å². The van der Waals surface area contributed by atoms with E-state index in [0.29, 0.717) is 23.7 Å². The topological polar surface area (TPSA) is 59.1 Å². The summed E-state index contributed by atoms with van der Waals surface area (Å²) in [5.74, 6) is -1.53. The summed E-state index contributed by atoms with van der Waals surface area (Å²) in [6, 6.07) is 19.1. The highest BCUT2D eigenvalue weighted by molar-refractivity contribution is 6.23. The number of carbonyl (C=O) groups is 2. The Kier molecular flexibility index (Phi) is 6.17. The molecule has 2 heterocycles. The smallest absolute Gasteiger partial charge is 0.416 e. The molecular formula is C27H23F3N2O4. The van der Waals surface area contributed by atoms with E-state index in [1.54, 1.807) is 54.6 Å². The molecule has 0 aliphatic carbocycles. The molecule has 5 rings (SSSR count). The van der Waals surface area contributed by atoms with Crippen LogP contribution in [0.5, 0.6) is 5.75 Å². The minimum absolute atomic E-state index is 0.229. The maximum Gasteiger partial charge on any atom is 0.416 e. The van der Waals surface area contributed by atoms with Crippen LogP contribution in [-0.2, 0) is 20.6 Å². The normalized spacial score (nSPS) is 21.7. The van der Waals surface area contributed by atoms with Crippen LogP contribution in [0.1, 0.15) is 30.5 Å². The minimum atomic E-state index is -4.56. The van der Waals surface area contributed by atoms with Crippen LogP contribution in [-0.4, -0.2) is 24.5 Å². The van der Waals surface area contributed by atoms with Crippen LogP contribution in [0.25, 0.3) is 0 Å². The number of halogens is 3. The average Bonchev–Trinajstić information content (AvgIpc) is 3.39. The molecule has 6 nitrogen and oxygen atoms in total. The lowest BCUT2D eigenvalue weighted by Crippen LogP contribution is -2.37. The van der Waals surface area contributed by atoms with Gasteiger partial charge in [-0.2, -0.15) is 13.2 Å². The zero-order chi connectivity index (χ0) is 25.4. The quantitative estimate of drug-likeness (QED) is 0.419. The average molecular weight is 496 g/mol. The Morgan fingerprint density at radius 1 is 0.889 bits per heavy atom. The van der Waals surface area contributed by atoms with Gasteiger partial charge in [-0.3, -0.25) is 14.4 Å². The number of rotatable bonds is 6. The second-order valence-electron chi connectivity index (χ2n) is 8.64. The van der Waals surface area contributed by atoms with Gasteiger partial charge in [-0.05, 0) is 60.5 Å². The predicted octanol–water partition coefficient (Wildman–Crippen LogP) is 5.55. The molecule has 0 unspecified atom stereocenters. The van der Waals surface area contributed by atoms with Crippen LogP contribution in [0, 0.1) is 5.92 Å². The van der Waals surface area contributed by atoms with Crippen molar-refractivity contribution in [1.29, 1.82) is 0 Å². The zero-order valence-corrected chi connectivity index (χ0v) is 19.3. The van der Waals surface area contributed by atoms with Crippen LogP contribution in [0.3, 0.4) is 0 Å². The van der Waals surface area contributed by atoms with Crippen LogP contribution >= 0.6 is 0 Å². The largest absolute Gasteiger partial charge is 0.494 e. The lowest BCUT2D eigenvalue weighted by molar-refractivity contribution is -0.137. The number of ether oxygens (including phenoxy) is 1. The van der Waals surface area contributed by atoms with Gasteiger partial charge >= 0.3 is 6.18 Å². The molecule has 0 spiro atoms.